The van der Waals surface area contributed by atoms with Crippen LogP contribution in [0.15, 0.2) is 0 Å². The van der Waals surface area contributed by atoms with Crippen molar-refractivity contribution in [1.29, 1.82) is 0 Å². The molecule has 0 radical (unpaired) electrons. The number of rotatable bonds is 3. The number of nitrogens with one attached hydrogen (secondary N) is 1. The van der Waals surface area contributed by atoms with Crippen LogP contribution in [0, 0.1) is 6.92 Å². The summed E-state index contributed by atoms with van der Waals surface area (Å²) >= 11 is 2.04. The summed E-state index contributed by atoms with van der Waals surface area (Å²) < 4.78 is 0. The number of hydrogen-bond acceptors (Lipinski definition) is 6. The van der Waals surface area contributed by atoms with Gasteiger partial charge in [0.25, 0.3) is 0 Å². The van der Waals surface area contributed by atoms with E-state index in [9.17, 15) is 0 Å². The molecule has 3 N–H and O–H groups in total. The highest BCUT2D eigenvalue weighted by atomic mass is 32.2. The molecule has 2 unspecified atom stereocenters. The minimum Gasteiger partial charge on any atom is -0.352 e. The van der Waals surface area contributed by atoms with Gasteiger partial charge in [0.1, 0.15) is 17.5 Å². The Morgan fingerprint density at radius 2 is 2.05 bits per heavy atom. The van der Waals surface area contributed by atoms with Gasteiger partial charge in [0.05, 0.1) is 0 Å². The summed E-state index contributed by atoms with van der Waals surface area (Å²) in [5.41, 5.74) is 3.80. The van der Waals surface area contributed by atoms with Crippen molar-refractivity contribution < 1.29 is 0 Å². The van der Waals surface area contributed by atoms with E-state index in [1.54, 1.807) is 0 Å². The number of hydrogen-bond donors (Lipinski definition) is 2. The van der Waals surface area contributed by atoms with Crippen molar-refractivity contribution in [3.63, 3.8) is 0 Å². The predicted molar refractivity (Wildman–Crippen MR) is 85.3 cm³/mol. The highest BCUT2D eigenvalue weighted by Crippen LogP contribution is 2.40. The van der Waals surface area contributed by atoms with Gasteiger partial charge in [-0.3, -0.25) is 0 Å². The molecule has 0 spiro atoms. The Hall–Kier alpha value is -1.01. The van der Waals surface area contributed by atoms with Crippen LogP contribution in [0.3, 0.4) is 0 Å². The van der Waals surface area contributed by atoms with Gasteiger partial charge in [-0.15, -0.1) is 0 Å². The minimum atomic E-state index is 0.486. The first kappa shape index (κ1) is 13.9. The van der Waals surface area contributed by atoms with Crippen LogP contribution in [0.4, 0.5) is 11.6 Å². The second kappa shape index (κ2) is 5.41. The molecule has 1 aliphatic carbocycles. The molecule has 20 heavy (non-hydrogen) atoms. The Bertz CT molecular complexity index is 503. The van der Waals surface area contributed by atoms with Crippen LogP contribution in [0.2, 0.25) is 0 Å². The van der Waals surface area contributed by atoms with Crippen LogP contribution >= 0.6 is 11.8 Å². The fourth-order valence-corrected chi connectivity index (χ4v) is 3.80. The van der Waals surface area contributed by atoms with Crippen molar-refractivity contribution in [2.45, 2.75) is 50.8 Å². The molecule has 1 saturated carbocycles. The first-order valence-electron chi connectivity index (χ1n) is 7.35. The van der Waals surface area contributed by atoms with Gasteiger partial charge < -0.3 is 10.3 Å². The molecule has 3 rings (SSSR count). The van der Waals surface area contributed by atoms with Gasteiger partial charge in [0, 0.05) is 35.1 Å². The standard InChI is InChI=1S/C14H23N5S/c1-8-12(18-15)16-13(11-4-5-11)17-14(8)19-6-7-20-10(3)9(19)2/h9-11H,4-7,15H2,1-3H3,(H,16,17,18). The summed E-state index contributed by atoms with van der Waals surface area (Å²) in [7, 11) is 0. The van der Waals surface area contributed by atoms with E-state index in [1.165, 1.54) is 12.8 Å². The first-order valence-corrected chi connectivity index (χ1v) is 8.40. The van der Waals surface area contributed by atoms with Crippen molar-refractivity contribution in [1.82, 2.24) is 9.97 Å². The van der Waals surface area contributed by atoms with Gasteiger partial charge in [0.15, 0.2) is 0 Å². The predicted octanol–water partition coefficient (Wildman–Crippen LogP) is 2.28. The molecular weight excluding hydrogens is 270 g/mol. The van der Waals surface area contributed by atoms with Crippen LogP contribution in [-0.4, -0.2) is 33.6 Å². The van der Waals surface area contributed by atoms with E-state index < -0.39 is 0 Å². The quantitative estimate of drug-likeness (QED) is 0.658. The number of thioether (sulfide) groups is 1. The molecular formula is C14H23N5S. The van der Waals surface area contributed by atoms with E-state index in [-0.39, 0.29) is 0 Å². The van der Waals surface area contributed by atoms with Crippen molar-refractivity contribution in [3.8, 4) is 0 Å². The molecule has 6 heteroatoms. The number of nitrogens with two attached hydrogens (primary N) is 1. The number of anilines is 2. The maximum absolute atomic E-state index is 5.64. The Kier molecular flexibility index (Phi) is 3.77. The highest BCUT2D eigenvalue weighted by Gasteiger charge is 2.32. The molecule has 2 heterocycles. The highest BCUT2D eigenvalue weighted by molar-refractivity contribution is 8.00. The number of hydrazine groups is 1. The van der Waals surface area contributed by atoms with Gasteiger partial charge in [-0.25, -0.2) is 15.8 Å². The average molecular weight is 293 g/mol. The molecule has 2 aliphatic rings. The molecule has 2 fully saturated rings. The number of aromatic nitrogens is 2. The maximum Gasteiger partial charge on any atom is 0.148 e. The SMILES string of the molecule is Cc1c(NN)nc(C2CC2)nc1N1CCSC(C)C1C. The summed E-state index contributed by atoms with van der Waals surface area (Å²) in [6, 6.07) is 0.486. The molecule has 0 amide bonds. The smallest absolute Gasteiger partial charge is 0.148 e. The summed E-state index contributed by atoms with van der Waals surface area (Å²) in [4.78, 5) is 11.9. The third-order valence-corrected chi connectivity index (χ3v) is 5.71. The van der Waals surface area contributed by atoms with Crippen LogP contribution in [-0.2, 0) is 0 Å². The van der Waals surface area contributed by atoms with Crippen LogP contribution in [0.1, 0.15) is 44.0 Å². The van der Waals surface area contributed by atoms with Crippen LogP contribution in [0.5, 0.6) is 0 Å². The Labute approximate surface area is 124 Å². The van der Waals surface area contributed by atoms with Crippen molar-refractivity contribution in [2.75, 3.05) is 22.6 Å². The van der Waals surface area contributed by atoms with E-state index in [1.807, 2.05) is 11.8 Å². The Morgan fingerprint density at radius 1 is 1.30 bits per heavy atom. The van der Waals surface area contributed by atoms with E-state index in [2.05, 4.69) is 36.1 Å². The van der Waals surface area contributed by atoms with E-state index in [0.29, 0.717) is 17.2 Å². The molecule has 1 aromatic rings. The molecule has 0 aromatic carbocycles. The molecule has 110 valence electrons. The second-order valence-corrected chi connectivity index (χ2v) is 7.29. The lowest BCUT2D eigenvalue weighted by atomic mass is 10.1. The summed E-state index contributed by atoms with van der Waals surface area (Å²) in [6.07, 6.45) is 2.41. The monoisotopic (exact) mass is 293 g/mol. The average Bonchev–Trinajstić information content (AvgIpc) is 3.27. The molecule has 0 bridgehead atoms. The summed E-state index contributed by atoms with van der Waals surface area (Å²) in [5.74, 6) is 10.1. The summed E-state index contributed by atoms with van der Waals surface area (Å²) in [6.45, 7) is 7.68. The zero-order chi connectivity index (χ0) is 14.3. The third kappa shape index (κ3) is 2.46. The Morgan fingerprint density at radius 3 is 2.70 bits per heavy atom. The van der Waals surface area contributed by atoms with Gasteiger partial charge in [0.2, 0.25) is 0 Å². The lowest BCUT2D eigenvalue weighted by Crippen LogP contribution is -2.45. The van der Waals surface area contributed by atoms with Gasteiger partial charge in [-0.05, 0) is 26.7 Å². The number of nitrogens with zero attached hydrogens (tertiary/aromatic N) is 3. The lowest BCUT2D eigenvalue weighted by molar-refractivity contribution is 0.616. The molecule has 5 nitrogen and oxygen atoms in total. The second-order valence-electron chi connectivity index (χ2n) is 5.81. The van der Waals surface area contributed by atoms with Gasteiger partial charge >= 0.3 is 0 Å². The molecule has 2 atom stereocenters. The Balaban J connectivity index is 2.00. The van der Waals surface area contributed by atoms with Crippen molar-refractivity contribution >= 4 is 23.4 Å². The first-order chi connectivity index (χ1) is 9.61. The fraction of sp³-hybridized carbons (Fsp3) is 0.714. The van der Waals surface area contributed by atoms with Gasteiger partial charge in [-0.2, -0.15) is 11.8 Å². The van der Waals surface area contributed by atoms with E-state index in [0.717, 1.165) is 35.3 Å². The van der Waals surface area contributed by atoms with Gasteiger partial charge in [-0.1, -0.05) is 6.92 Å². The summed E-state index contributed by atoms with van der Waals surface area (Å²) in [5, 5.41) is 0.622. The fourth-order valence-electron chi connectivity index (χ4n) is 2.70. The molecule has 1 aliphatic heterocycles. The lowest BCUT2D eigenvalue weighted by Gasteiger charge is -2.39. The van der Waals surface area contributed by atoms with Crippen molar-refractivity contribution in [3.05, 3.63) is 11.4 Å². The van der Waals surface area contributed by atoms with Crippen LogP contribution < -0.4 is 16.2 Å². The topological polar surface area (TPSA) is 67.1 Å². The van der Waals surface area contributed by atoms with E-state index in [4.69, 9.17) is 10.8 Å². The minimum absolute atomic E-state index is 0.486. The zero-order valence-electron chi connectivity index (χ0n) is 12.4. The molecule has 1 aromatic heterocycles. The van der Waals surface area contributed by atoms with E-state index >= 15 is 0 Å². The largest absolute Gasteiger partial charge is 0.352 e. The zero-order valence-corrected chi connectivity index (χ0v) is 13.2. The van der Waals surface area contributed by atoms with Crippen molar-refractivity contribution in [2.24, 2.45) is 5.84 Å². The van der Waals surface area contributed by atoms with Crippen LogP contribution in [0.25, 0.3) is 0 Å². The normalized spacial score (nSPS) is 26.7. The molecule has 1 saturated heterocycles. The maximum atomic E-state index is 5.64. The third-order valence-electron chi connectivity index (χ3n) is 4.37. The number of nitrogen functional groups attached to an aromatic ring is 1.